The van der Waals surface area contributed by atoms with Gasteiger partial charge in [0.15, 0.2) is 11.5 Å². The lowest BCUT2D eigenvalue weighted by Gasteiger charge is -2.15. The van der Waals surface area contributed by atoms with Crippen molar-refractivity contribution in [1.29, 1.82) is 0 Å². The highest BCUT2D eigenvalue weighted by Gasteiger charge is 2.18. The van der Waals surface area contributed by atoms with Crippen LogP contribution in [0.4, 0.5) is 22.7 Å². The number of hydrogen-bond acceptors (Lipinski definition) is 6. The molecule has 0 bridgehead atoms. The Balaban J connectivity index is 1.64. The van der Waals surface area contributed by atoms with Gasteiger partial charge in [-0.25, -0.2) is 0 Å². The quantitative estimate of drug-likeness (QED) is 0.647. The number of anilines is 4. The second-order valence-electron chi connectivity index (χ2n) is 5.96. The highest BCUT2D eigenvalue weighted by molar-refractivity contribution is 5.82. The third kappa shape index (κ3) is 3.69. The van der Waals surface area contributed by atoms with Crippen molar-refractivity contribution in [1.82, 2.24) is 0 Å². The molecule has 0 aliphatic carbocycles. The monoisotopic (exact) mass is 364 g/mol. The summed E-state index contributed by atoms with van der Waals surface area (Å²) < 4.78 is 21.5. The molecule has 0 aromatic heterocycles. The third-order valence-corrected chi connectivity index (χ3v) is 4.25. The van der Waals surface area contributed by atoms with Gasteiger partial charge in [-0.2, -0.15) is 0 Å². The Kier molecular flexibility index (Phi) is 4.61. The molecule has 0 atom stereocenters. The summed E-state index contributed by atoms with van der Waals surface area (Å²) in [5.41, 5.74) is 3.63. The van der Waals surface area contributed by atoms with Crippen LogP contribution in [0.5, 0.6) is 23.0 Å². The zero-order valence-electron chi connectivity index (χ0n) is 15.1. The predicted octanol–water partition coefficient (Wildman–Crippen LogP) is 4.92. The number of fused-ring (bicyclic) bond motifs is 1. The van der Waals surface area contributed by atoms with Gasteiger partial charge in [0.2, 0.25) is 6.79 Å². The molecule has 138 valence electrons. The van der Waals surface area contributed by atoms with E-state index in [1.807, 2.05) is 60.7 Å². The van der Waals surface area contributed by atoms with Gasteiger partial charge < -0.3 is 29.6 Å². The third-order valence-electron chi connectivity index (χ3n) is 4.25. The van der Waals surface area contributed by atoms with Gasteiger partial charge in [-0.1, -0.05) is 0 Å². The first kappa shape index (κ1) is 16.9. The summed E-state index contributed by atoms with van der Waals surface area (Å²) in [5.74, 6) is 3.04. The smallest absolute Gasteiger partial charge is 0.231 e. The zero-order chi connectivity index (χ0) is 18.6. The molecular weight excluding hydrogens is 344 g/mol. The van der Waals surface area contributed by atoms with Crippen molar-refractivity contribution in [3.8, 4) is 23.0 Å². The fourth-order valence-electron chi connectivity index (χ4n) is 2.81. The number of rotatable bonds is 6. The van der Waals surface area contributed by atoms with E-state index < -0.39 is 0 Å². The molecule has 3 aromatic carbocycles. The minimum absolute atomic E-state index is 0.225. The molecule has 3 aromatic rings. The molecule has 0 saturated carbocycles. The molecule has 1 aliphatic rings. The first-order chi connectivity index (χ1) is 13.2. The molecule has 27 heavy (non-hydrogen) atoms. The van der Waals surface area contributed by atoms with Crippen LogP contribution in [0.25, 0.3) is 0 Å². The predicted molar refractivity (Wildman–Crippen MR) is 105 cm³/mol. The Morgan fingerprint density at radius 1 is 0.667 bits per heavy atom. The lowest BCUT2D eigenvalue weighted by atomic mass is 10.2. The number of benzene rings is 3. The molecule has 0 unspecified atom stereocenters. The zero-order valence-corrected chi connectivity index (χ0v) is 15.1. The van der Waals surface area contributed by atoms with E-state index in [9.17, 15) is 0 Å². The van der Waals surface area contributed by atoms with Crippen molar-refractivity contribution in [2.75, 3.05) is 31.6 Å². The van der Waals surface area contributed by atoms with Crippen LogP contribution >= 0.6 is 0 Å². The molecule has 6 nitrogen and oxygen atoms in total. The summed E-state index contributed by atoms with van der Waals surface area (Å²) in [5, 5.41) is 6.84. The Labute approximate surface area is 157 Å². The molecule has 0 radical (unpaired) electrons. The fraction of sp³-hybridized carbons (Fsp3) is 0.143. The first-order valence-electron chi connectivity index (χ1n) is 8.51. The second kappa shape index (κ2) is 7.37. The standard InChI is InChI=1S/C21H20N2O4/c1-24-16-7-3-14(4-8-16)22-18-11-20-21(27-13-26-20)12-19(18)23-15-5-9-17(25-2)10-6-15/h3-12,22-23H,13H2,1-2H3. The van der Waals surface area contributed by atoms with Gasteiger partial charge in [0.1, 0.15) is 11.5 Å². The van der Waals surface area contributed by atoms with Gasteiger partial charge in [-0.15, -0.1) is 0 Å². The Bertz CT molecular complexity index is 848. The SMILES string of the molecule is COc1ccc(Nc2cc3c(cc2Nc2ccc(OC)cc2)OCO3)cc1. The molecule has 1 heterocycles. The summed E-state index contributed by atoms with van der Waals surface area (Å²) in [6, 6.07) is 19.3. The van der Waals surface area contributed by atoms with Crippen LogP contribution in [0.2, 0.25) is 0 Å². The van der Waals surface area contributed by atoms with Crippen molar-refractivity contribution >= 4 is 22.7 Å². The van der Waals surface area contributed by atoms with Crippen LogP contribution in [0.1, 0.15) is 0 Å². The average Bonchev–Trinajstić information content (AvgIpc) is 3.16. The Morgan fingerprint density at radius 3 is 1.44 bits per heavy atom. The van der Waals surface area contributed by atoms with E-state index in [1.165, 1.54) is 0 Å². The fourth-order valence-corrected chi connectivity index (χ4v) is 2.81. The maximum absolute atomic E-state index is 5.52. The van der Waals surface area contributed by atoms with E-state index in [-0.39, 0.29) is 6.79 Å². The highest BCUT2D eigenvalue weighted by Crippen LogP contribution is 2.41. The van der Waals surface area contributed by atoms with Gasteiger partial charge in [-0.05, 0) is 48.5 Å². The van der Waals surface area contributed by atoms with E-state index >= 15 is 0 Å². The van der Waals surface area contributed by atoms with Gasteiger partial charge in [-0.3, -0.25) is 0 Å². The van der Waals surface area contributed by atoms with E-state index in [2.05, 4.69) is 10.6 Å². The van der Waals surface area contributed by atoms with Crippen LogP contribution in [0, 0.1) is 0 Å². The topological polar surface area (TPSA) is 61.0 Å². The minimum Gasteiger partial charge on any atom is -0.497 e. The number of methoxy groups -OCH3 is 2. The molecule has 1 aliphatic heterocycles. The lowest BCUT2D eigenvalue weighted by molar-refractivity contribution is 0.174. The summed E-state index contributed by atoms with van der Waals surface area (Å²) in [6.45, 7) is 0.225. The van der Waals surface area contributed by atoms with Crippen molar-refractivity contribution < 1.29 is 18.9 Å². The van der Waals surface area contributed by atoms with E-state index in [0.717, 1.165) is 34.2 Å². The molecule has 0 spiro atoms. The van der Waals surface area contributed by atoms with Crippen molar-refractivity contribution in [2.24, 2.45) is 0 Å². The van der Waals surface area contributed by atoms with Crippen molar-refractivity contribution in [3.63, 3.8) is 0 Å². The normalized spacial score (nSPS) is 11.8. The largest absolute Gasteiger partial charge is 0.497 e. The maximum atomic E-state index is 5.52. The summed E-state index contributed by atoms with van der Waals surface area (Å²) in [6.07, 6.45) is 0. The molecule has 0 amide bonds. The van der Waals surface area contributed by atoms with Crippen LogP contribution in [-0.2, 0) is 0 Å². The van der Waals surface area contributed by atoms with Crippen molar-refractivity contribution in [3.05, 3.63) is 60.7 Å². The lowest BCUT2D eigenvalue weighted by Crippen LogP contribution is -1.98. The van der Waals surface area contributed by atoms with E-state index in [0.29, 0.717) is 11.5 Å². The van der Waals surface area contributed by atoms with E-state index in [1.54, 1.807) is 14.2 Å². The number of nitrogens with one attached hydrogen (secondary N) is 2. The molecule has 2 N–H and O–H groups in total. The maximum Gasteiger partial charge on any atom is 0.231 e. The van der Waals surface area contributed by atoms with Gasteiger partial charge in [0, 0.05) is 23.5 Å². The molecule has 4 rings (SSSR count). The van der Waals surface area contributed by atoms with Crippen LogP contribution < -0.4 is 29.6 Å². The molecular formula is C21H20N2O4. The van der Waals surface area contributed by atoms with Crippen LogP contribution in [-0.4, -0.2) is 21.0 Å². The van der Waals surface area contributed by atoms with E-state index in [4.69, 9.17) is 18.9 Å². The molecule has 0 saturated heterocycles. The summed E-state index contributed by atoms with van der Waals surface area (Å²) in [7, 11) is 3.30. The second-order valence-corrected chi connectivity index (χ2v) is 5.96. The van der Waals surface area contributed by atoms with Crippen LogP contribution in [0.3, 0.4) is 0 Å². The Morgan fingerprint density at radius 2 is 1.07 bits per heavy atom. The summed E-state index contributed by atoms with van der Waals surface area (Å²) in [4.78, 5) is 0. The van der Waals surface area contributed by atoms with Crippen molar-refractivity contribution in [2.45, 2.75) is 0 Å². The molecule has 6 heteroatoms. The highest BCUT2D eigenvalue weighted by atomic mass is 16.7. The minimum atomic E-state index is 0.225. The molecule has 0 fully saturated rings. The number of ether oxygens (including phenoxy) is 4. The Hall–Kier alpha value is -3.54. The average molecular weight is 364 g/mol. The van der Waals surface area contributed by atoms with Gasteiger partial charge >= 0.3 is 0 Å². The first-order valence-corrected chi connectivity index (χ1v) is 8.51. The van der Waals surface area contributed by atoms with Gasteiger partial charge in [0.05, 0.1) is 25.6 Å². The number of hydrogen-bond donors (Lipinski definition) is 2. The van der Waals surface area contributed by atoms with Gasteiger partial charge in [0.25, 0.3) is 0 Å². The van der Waals surface area contributed by atoms with Crippen LogP contribution in [0.15, 0.2) is 60.7 Å². The summed E-state index contributed by atoms with van der Waals surface area (Å²) >= 11 is 0.